The van der Waals surface area contributed by atoms with Crippen molar-refractivity contribution in [2.75, 3.05) is 39.3 Å². The topological polar surface area (TPSA) is 309 Å². The van der Waals surface area contributed by atoms with Crippen LogP contribution >= 0.6 is 0 Å². The number of guanidine groups is 2. The number of rotatable bonds is 54. The minimum absolute atomic E-state index is 0.00841. The van der Waals surface area contributed by atoms with Gasteiger partial charge in [0.15, 0.2) is 11.9 Å². The van der Waals surface area contributed by atoms with Gasteiger partial charge in [0, 0.05) is 64.3 Å². The lowest BCUT2D eigenvalue weighted by Crippen LogP contribution is -2.52. The molecule has 0 rings (SSSR count). The second kappa shape index (κ2) is 52.2. The van der Waals surface area contributed by atoms with Crippen LogP contribution in [-0.4, -0.2) is 104 Å². The molecule has 0 unspecified atom stereocenters. The molecule has 0 fully saturated rings. The fourth-order valence-corrected chi connectivity index (χ4v) is 9.12. The molecule has 440 valence electrons. The standard InChI is InChI=1S/C58H112N12O6/c1-3-5-7-9-11-13-15-17-19-21-23-25-27-29-31-39-51(71)64-45-35-47-70(48-36-46-65-52(72)40-32-30-28-26-24-22-20-18-16-14-12-10-8-6-4-2)54(74)42-41-53(73)68-50(38-34-44-67-58(62)63)56(76)69-49(55(59)75)37-33-43-66-57(60)61/h41-42,49-50H,3-40,43-48H2,1-2H3,(H2,59,75)(H,64,71)(H,65,72)(H,68,73)(H,69,76)(H4,60,61,66)(H4,62,63,67)/b42-41-/t49-,50-/m0/s1. The van der Waals surface area contributed by atoms with Gasteiger partial charge in [-0.3, -0.25) is 38.8 Å². The maximum Gasteiger partial charge on any atom is 0.246 e. The van der Waals surface area contributed by atoms with Gasteiger partial charge in [0.2, 0.25) is 35.4 Å². The van der Waals surface area contributed by atoms with Crippen LogP contribution in [0.2, 0.25) is 0 Å². The summed E-state index contributed by atoms with van der Waals surface area (Å²) in [4.78, 5) is 87.3. The van der Waals surface area contributed by atoms with Gasteiger partial charge in [-0.15, -0.1) is 0 Å². The number of hydrogen-bond acceptors (Lipinski definition) is 8. The number of hydrogen-bond donors (Lipinski definition) is 9. The summed E-state index contributed by atoms with van der Waals surface area (Å²) >= 11 is 0. The van der Waals surface area contributed by atoms with E-state index in [9.17, 15) is 28.8 Å². The predicted molar refractivity (Wildman–Crippen MR) is 313 cm³/mol. The minimum Gasteiger partial charge on any atom is -0.370 e. The average Bonchev–Trinajstić information content (AvgIpc) is 3.38. The molecule has 0 aromatic carbocycles. The molecule has 0 aliphatic rings. The van der Waals surface area contributed by atoms with Gasteiger partial charge in [-0.05, 0) is 51.4 Å². The monoisotopic (exact) mass is 1070 g/mol. The largest absolute Gasteiger partial charge is 0.370 e. The first-order chi connectivity index (χ1) is 36.8. The first-order valence-corrected chi connectivity index (χ1v) is 30.3. The third-order valence-electron chi connectivity index (χ3n) is 13.7. The summed E-state index contributed by atoms with van der Waals surface area (Å²) < 4.78 is 0. The van der Waals surface area contributed by atoms with Crippen LogP contribution in [0.1, 0.15) is 258 Å². The number of nitrogens with one attached hydrogen (secondary N) is 4. The molecule has 0 radical (unpaired) electrons. The summed E-state index contributed by atoms with van der Waals surface area (Å²) in [6.45, 7) is 6.32. The van der Waals surface area contributed by atoms with Crippen molar-refractivity contribution in [2.45, 2.75) is 270 Å². The maximum absolute atomic E-state index is 13.6. The number of carbonyl (C=O) groups is 6. The molecule has 2 atom stereocenters. The third-order valence-corrected chi connectivity index (χ3v) is 13.7. The van der Waals surface area contributed by atoms with Crippen molar-refractivity contribution in [1.82, 2.24) is 26.2 Å². The van der Waals surface area contributed by atoms with Gasteiger partial charge in [-0.1, -0.05) is 194 Å². The highest BCUT2D eigenvalue weighted by atomic mass is 16.2. The zero-order chi connectivity index (χ0) is 56.1. The highest BCUT2D eigenvalue weighted by Gasteiger charge is 2.25. The van der Waals surface area contributed by atoms with Crippen molar-refractivity contribution in [3.05, 3.63) is 12.2 Å². The van der Waals surface area contributed by atoms with Crippen LogP contribution in [0.25, 0.3) is 0 Å². The Morgan fingerprint density at radius 2 is 0.763 bits per heavy atom. The smallest absolute Gasteiger partial charge is 0.246 e. The van der Waals surface area contributed by atoms with E-state index in [1.165, 1.54) is 154 Å². The number of primary amides is 1. The third kappa shape index (κ3) is 47.5. The van der Waals surface area contributed by atoms with Crippen LogP contribution in [0.4, 0.5) is 0 Å². The Morgan fingerprint density at radius 3 is 1.11 bits per heavy atom. The summed E-state index contributed by atoms with van der Waals surface area (Å²) in [5, 5.41) is 11.2. The number of nitrogens with two attached hydrogens (primary N) is 5. The molecule has 0 saturated heterocycles. The van der Waals surface area contributed by atoms with Gasteiger partial charge >= 0.3 is 0 Å². The van der Waals surface area contributed by atoms with Crippen molar-refractivity contribution in [1.29, 1.82) is 0 Å². The highest BCUT2D eigenvalue weighted by Crippen LogP contribution is 2.16. The van der Waals surface area contributed by atoms with E-state index >= 15 is 0 Å². The fourth-order valence-electron chi connectivity index (χ4n) is 9.12. The Morgan fingerprint density at radius 1 is 0.421 bits per heavy atom. The molecule has 0 aromatic rings. The molecule has 0 heterocycles. The van der Waals surface area contributed by atoms with Crippen LogP contribution in [0.3, 0.4) is 0 Å². The second-order valence-corrected chi connectivity index (χ2v) is 20.9. The second-order valence-electron chi connectivity index (χ2n) is 20.9. The van der Waals surface area contributed by atoms with E-state index in [-0.39, 0.29) is 49.7 Å². The first kappa shape index (κ1) is 71.1. The molecular weight excluding hydrogens is 961 g/mol. The van der Waals surface area contributed by atoms with E-state index in [1.807, 2.05) is 0 Å². The molecule has 0 spiro atoms. The van der Waals surface area contributed by atoms with Crippen molar-refractivity contribution in [2.24, 2.45) is 38.7 Å². The average molecular weight is 1070 g/mol. The van der Waals surface area contributed by atoms with E-state index < -0.39 is 35.7 Å². The van der Waals surface area contributed by atoms with E-state index in [0.29, 0.717) is 64.7 Å². The molecule has 0 bridgehead atoms. The van der Waals surface area contributed by atoms with Crippen LogP contribution < -0.4 is 49.9 Å². The number of aliphatic imine (C=N–C) groups is 2. The molecule has 18 heteroatoms. The Hall–Kier alpha value is -4.90. The summed E-state index contributed by atoms with van der Waals surface area (Å²) in [7, 11) is 0. The first-order valence-electron chi connectivity index (χ1n) is 30.3. The summed E-state index contributed by atoms with van der Waals surface area (Å²) in [6, 6.07) is -2.17. The summed E-state index contributed by atoms with van der Waals surface area (Å²) in [6.07, 6.45) is 42.9. The highest BCUT2D eigenvalue weighted by molar-refractivity contribution is 5.99. The molecule has 0 saturated carbocycles. The number of carbonyl (C=O) groups excluding carboxylic acids is 6. The van der Waals surface area contributed by atoms with Crippen molar-refractivity contribution >= 4 is 47.4 Å². The van der Waals surface area contributed by atoms with Crippen LogP contribution in [-0.2, 0) is 28.8 Å². The van der Waals surface area contributed by atoms with E-state index in [0.717, 1.165) is 50.7 Å². The maximum atomic E-state index is 13.6. The van der Waals surface area contributed by atoms with Gasteiger partial charge in [-0.2, -0.15) is 0 Å². The van der Waals surface area contributed by atoms with Gasteiger partial charge in [0.25, 0.3) is 0 Å². The zero-order valence-corrected chi connectivity index (χ0v) is 48.1. The summed E-state index contributed by atoms with van der Waals surface area (Å²) in [5.74, 6) is -2.82. The molecule has 0 aromatic heterocycles. The molecular formula is C58H112N12O6. The normalized spacial score (nSPS) is 11.9. The van der Waals surface area contributed by atoms with Crippen LogP contribution in [0.15, 0.2) is 22.1 Å². The SMILES string of the molecule is CCCCCCCCCCCCCCCCCC(=O)NCCCN(CCCNC(=O)CCCCCCCCCCCCCCCCC)C(=O)/C=C\C(=O)N[C@@H](CCCN=C(N)N)C(=O)N[C@@H](CCCN=C(N)N)C(N)=O. The minimum atomic E-state index is -1.12. The van der Waals surface area contributed by atoms with Gasteiger partial charge in [0.1, 0.15) is 12.1 Å². The van der Waals surface area contributed by atoms with Gasteiger partial charge in [-0.25, -0.2) is 0 Å². The predicted octanol–water partition coefficient (Wildman–Crippen LogP) is 8.47. The zero-order valence-electron chi connectivity index (χ0n) is 48.1. The molecule has 6 amide bonds. The van der Waals surface area contributed by atoms with E-state index in [2.05, 4.69) is 45.1 Å². The van der Waals surface area contributed by atoms with E-state index in [4.69, 9.17) is 28.7 Å². The number of nitrogens with zero attached hydrogens (tertiary/aromatic N) is 3. The Balaban J connectivity index is 5.18. The van der Waals surface area contributed by atoms with Crippen molar-refractivity contribution in [3.8, 4) is 0 Å². The van der Waals surface area contributed by atoms with Crippen molar-refractivity contribution < 1.29 is 28.8 Å². The summed E-state index contributed by atoms with van der Waals surface area (Å²) in [5.41, 5.74) is 27.3. The van der Waals surface area contributed by atoms with E-state index in [1.54, 1.807) is 4.90 Å². The molecule has 0 aliphatic heterocycles. The van der Waals surface area contributed by atoms with Crippen LogP contribution in [0, 0.1) is 0 Å². The molecule has 76 heavy (non-hydrogen) atoms. The fraction of sp³-hybridized carbons (Fsp3) is 0.828. The Labute approximate surface area is 460 Å². The van der Waals surface area contributed by atoms with Gasteiger partial charge in [0.05, 0.1) is 0 Å². The van der Waals surface area contributed by atoms with Gasteiger partial charge < -0.3 is 54.8 Å². The Bertz CT molecular complexity index is 1530. The van der Waals surface area contributed by atoms with Crippen molar-refractivity contribution in [3.63, 3.8) is 0 Å². The number of unbranched alkanes of at least 4 members (excludes halogenated alkanes) is 28. The lowest BCUT2D eigenvalue weighted by Gasteiger charge is -2.22. The Kier molecular flexibility index (Phi) is 48.8. The number of amides is 6. The molecule has 0 aliphatic carbocycles. The molecule has 14 N–H and O–H groups in total. The van der Waals surface area contributed by atoms with Crippen LogP contribution in [0.5, 0.6) is 0 Å². The molecule has 18 nitrogen and oxygen atoms in total. The lowest BCUT2D eigenvalue weighted by atomic mass is 10.0. The quantitative estimate of drug-likeness (QED) is 0.0121. The lowest BCUT2D eigenvalue weighted by molar-refractivity contribution is -0.130.